The third-order valence-electron chi connectivity index (χ3n) is 2.39. The summed E-state index contributed by atoms with van der Waals surface area (Å²) in [5.41, 5.74) is 3.23. The van der Waals surface area contributed by atoms with Gasteiger partial charge >= 0.3 is 0 Å². The lowest BCUT2D eigenvalue weighted by atomic mass is 10.3. The molecule has 5 heteroatoms. The summed E-state index contributed by atoms with van der Waals surface area (Å²) in [6.45, 7) is 3.99. The summed E-state index contributed by atoms with van der Waals surface area (Å²) in [7, 11) is 1.94. The van der Waals surface area contributed by atoms with Gasteiger partial charge in [-0.3, -0.25) is 4.68 Å². The molecule has 2 aromatic heterocycles. The molecule has 2 aromatic rings. The van der Waals surface area contributed by atoms with E-state index in [1.165, 1.54) is 5.56 Å². The van der Waals surface area contributed by atoms with Crippen LogP contribution in [-0.2, 0) is 12.4 Å². The summed E-state index contributed by atoms with van der Waals surface area (Å²) in [4.78, 5) is 0. The molecule has 4 nitrogen and oxygen atoms in total. The van der Waals surface area contributed by atoms with E-state index in [1.807, 2.05) is 42.5 Å². The maximum absolute atomic E-state index is 4.40. The van der Waals surface area contributed by atoms with Crippen molar-refractivity contribution in [2.45, 2.75) is 19.2 Å². The van der Waals surface area contributed by atoms with E-state index in [0.29, 0.717) is 0 Å². The highest BCUT2D eigenvalue weighted by Gasteiger charge is 2.14. The van der Waals surface area contributed by atoms with Crippen LogP contribution in [-0.4, -0.2) is 19.6 Å². The molecule has 80 valence electrons. The first kappa shape index (κ1) is 10.4. The summed E-state index contributed by atoms with van der Waals surface area (Å²) in [5, 5.41) is 9.58. The maximum atomic E-state index is 4.40. The van der Waals surface area contributed by atoms with Gasteiger partial charge in [-0.15, -0.1) is 0 Å². The molecule has 0 aliphatic carbocycles. The second kappa shape index (κ2) is 3.81. The largest absolute Gasteiger partial charge is 0.250 e. The van der Waals surface area contributed by atoms with Crippen molar-refractivity contribution in [3.8, 4) is 5.82 Å². The van der Waals surface area contributed by atoms with E-state index in [0.717, 1.165) is 22.5 Å². The summed E-state index contributed by atoms with van der Waals surface area (Å²) in [6, 6.07) is 1.99. The zero-order valence-corrected chi connectivity index (χ0v) is 10.6. The zero-order valence-electron chi connectivity index (χ0n) is 9.03. The van der Waals surface area contributed by atoms with E-state index >= 15 is 0 Å². The Labute approximate surface area is 97.0 Å². The van der Waals surface area contributed by atoms with E-state index in [2.05, 4.69) is 26.1 Å². The highest BCUT2D eigenvalue weighted by atomic mass is 79.9. The molecule has 0 N–H and O–H groups in total. The fraction of sp³-hybridized carbons (Fsp3) is 0.400. The van der Waals surface area contributed by atoms with Crippen LogP contribution in [0.1, 0.15) is 17.0 Å². The molecule has 0 saturated heterocycles. The van der Waals surface area contributed by atoms with Gasteiger partial charge in [0.05, 0.1) is 11.4 Å². The molecule has 0 spiro atoms. The number of alkyl halides is 1. The fourth-order valence-corrected chi connectivity index (χ4v) is 2.32. The van der Waals surface area contributed by atoms with Gasteiger partial charge < -0.3 is 0 Å². The van der Waals surface area contributed by atoms with Gasteiger partial charge in [0.1, 0.15) is 0 Å². The van der Waals surface area contributed by atoms with Gasteiger partial charge in [0.2, 0.25) is 0 Å². The Balaban J connectivity index is 2.61. The normalized spacial score (nSPS) is 10.9. The lowest BCUT2D eigenvalue weighted by Crippen LogP contribution is -2.05. The number of aromatic nitrogens is 4. The van der Waals surface area contributed by atoms with Crippen molar-refractivity contribution in [2.24, 2.45) is 7.05 Å². The monoisotopic (exact) mass is 268 g/mol. The van der Waals surface area contributed by atoms with Crippen LogP contribution >= 0.6 is 15.9 Å². The minimum atomic E-state index is 0.793. The molecule has 0 aromatic carbocycles. The molecule has 0 aliphatic heterocycles. The average Bonchev–Trinajstić information content (AvgIpc) is 2.70. The van der Waals surface area contributed by atoms with Crippen LogP contribution in [0.3, 0.4) is 0 Å². The average molecular weight is 269 g/mol. The van der Waals surface area contributed by atoms with E-state index in [4.69, 9.17) is 0 Å². The molecule has 2 heterocycles. The van der Waals surface area contributed by atoms with Crippen molar-refractivity contribution in [1.82, 2.24) is 19.6 Å². The molecular weight excluding hydrogens is 256 g/mol. The van der Waals surface area contributed by atoms with Crippen LogP contribution in [0.2, 0.25) is 0 Å². The smallest absolute Gasteiger partial charge is 0.155 e. The van der Waals surface area contributed by atoms with Crippen LogP contribution in [0.4, 0.5) is 0 Å². The highest BCUT2D eigenvalue weighted by molar-refractivity contribution is 9.08. The quantitative estimate of drug-likeness (QED) is 0.783. The molecule has 0 bridgehead atoms. The molecule has 2 rings (SSSR count). The van der Waals surface area contributed by atoms with Gasteiger partial charge in [-0.1, -0.05) is 15.9 Å². The van der Waals surface area contributed by atoms with Gasteiger partial charge in [-0.2, -0.15) is 10.2 Å². The second-order valence-electron chi connectivity index (χ2n) is 3.55. The summed E-state index contributed by atoms with van der Waals surface area (Å²) < 4.78 is 3.73. The van der Waals surface area contributed by atoms with Crippen LogP contribution in [0.25, 0.3) is 5.82 Å². The van der Waals surface area contributed by atoms with Crippen LogP contribution in [0.15, 0.2) is 12.3 Å². The number of nitrogens with zero attached hydrogens (tertiary/aromatic N) is 4. The number of halogens is 1. The minimum Gasteiger partial charge on any atom is -0.250 e. The van der Waals surface area contributed by atoms with Crippen molar-refractivity contribution in [3.63, 3.8) is 0 Å². The third kappa shape index (κ3) is 1.71. The first-order valence-electron chi connectivity index (χ1n) is 4.74. The maximum Gasteiger partial charge on any atom is 0.155 e. The van der Waals surface area contributed by atoms with E-state index in [1.54, 1.807) is 0 Å². The number of hydrogen-bond acceptors (Lipinski definition) is 2. The topological polar surface area (TPSA) is 35.6 Å². The third-order valence-corrected chi connectivity index (χ3v) is 2.95. The van der Waals surface area contributed by atoms with Gasteiger partial charge in [0, 0.05) is 24.1 Å². The van der Waals surface area contributed by atoms with Crippen molar-refractivity contribution in [3.05, 3.63) is 29.2 Å². The lowest BCUT2D eigenvalue weighted by Gasteiger charge is -2.03. The van der Waals surface area contributed by atoms with Crippen LogP contribution in [0.5, 0.6) is 0 Å². The van der Waals surface area contributed by atoms with Crippen molar-refractivity contribution in [1.29, 1.82) is 0 Å². The number of hydrogen-bond donors (Lipinski definition) is 0. The van der Waals surface area contributed by atoms with Gasteiger partial charge in [0.25, 0.3) is 0 Å². The Bertz CT molecular complexity index is 484. The summed E-state index contributed by atoms with van der Waals surface area (Å²) in [5.74, 6) is 1.03. The molecule has 0 fully saturated rings. The molecule has 15 heavy (non-hydrogen) atoms. The van der Waals surface area contributed by atoms with Gasteiger partial charge in [-0.25, -0.2) is 4.68 Å². The first-order valence-corrected chi connectivity index (χ1v) is 5.86. The molecule has 0 aliphatic rings. The highest BCUT2D eigenvalue weighted by Crippen LogP contribution is 2.19. The zero-order chi connectivity index (χ0) is 11.0. The molecule has 0 atom stereocenters. The summed E-state index contributed by atoms with van der Waals surface area (Å²) in [6.07, 6.45) is 1.96. The molecule has 0 saturated carbocycles. The van der Waals surface area contributed by atoms with Crippen LogP contribution < -0.4 is 0 Å². The van der Waals surface area contributed by atoms with Crippen LogP contribution in [0, 0.1) is 13.8 Å². The number of aryl methyl sites for hydroxylation is 3. The second-order valence-corrected chi connectivity index (χ2v) is 4.11. The van der Waals surface area contributed by atoms with Gasteiger partial charge in [0.15, 0.2) is 5.82 Å². The SMILES string of the molecule is Cc1ccn(-c2c(CBr)c(C)nn2C)n1. The Hall–Kier alpha value is -1.10. The predicted molar refractivity (Wildman–Crippen MR) is 62.4 cm³/mol. The van der Waals surface area contributed by atoms with Crippen molar-refractivity contribution >= 4 is 15.9 Å². The van der Waals surface area contributed by atoms with Gasteiger partial charge in [-0.05, 0) is 19.9 Å². The van der Waals surface area contributed by atoms with Crippen molar-refractivity contribution in [2.75, 3.05) is 0 Å². The minimum absolute atomic E-state index is 0.793. The first-order chi connectivity index (χ1) is 7.13. The standard InChI is InChI=1S/C10H13BrN4/c1-7-4-5-15(12-7)10-9(6-11)8(2)13-14(10)3/h4-5H,6H2,1-3H3. The Morgan fingerprint density at radius 3 is 2.60 bits per heavy atom. The van der Waals surface area contributed by atoms with Crippen molar-refractivity contribution < 1.29 is 0 Å². The fourth-order valence-electron chi connectivity index (χ4n) is 1.67. The Kier molecular flexibility index (Phi) is 2.65. The van der Waals surface area contributed by atoms with E-state index < -0.39 is 0 Å². The molecule has 0 unspecified atom stereocenters. The van der Waals surface area contributed by atoms with E-state index in [-0.39, 0.29) is 0 Å². The number of rotatable bonds is 2. The van der Waals surface area contributed by atoms with E-state index in [9.17, 15) is 0 Å². The molecule has 0 radical (unpaired) electrons. The predicted octanol–water partition coefficient (Wildman–Crippen LogP) is 2.12. The summed E-state index contributed by atoms with van der Waals surface area (Å²) >= 11 is 3.48. The Morgan fingerprint density at radius 2 is 2.07 bits per heavy atom. The Morgan fingerprint density at radius 1 is 1.33 bits per heavy atom. The lowest BCUT2D eigenvalue weighted by molar-refractivity contribution is 0.689. The molecular formula is C10H13BrN4. The molecule has 0 amide bonds.